The van der Waals surface area contributed by atoms with Crippen molar-refractivity contribution < 1.29 is 19.2 Å². The standard InChI is InChI=1S/C19H21N3O5/c1-13-8-10-15(11-9-13)20-18(23)12-21(3)19(24)14(2)27-17-7-5-4-6-16(17)22(25)26/h4-11,14H,12H2,1-3H3,(H,20,23)/t14-/m0/s1. The number of nitrogens with one attached hydrogen (secondary N) is 1. The number of amides is 2. The number of likely N-dealkylation sites (N-methyl/N-ethyl adjacent to an activating group) is 1. The largest absolute Gasteiger partial charge is 0.474 e. The number of nitrogens with zero attached hydrogens (tertiary/aromatic N) is 2. The molecule has 8 nitrogen and oxygen atoms in total. The maximum Gasteiger partial charge on any atom is 0.310 e. The predicted octanol–water partition coefficient (Wildman–Crippen LogP) is 2.77. The SMILES string of the molecule is Cc1ccc(NC(=O)CN(C)C(=O)[C@H](C)Oc2ccccc2[N+](=O)[O-])cc1. The number of nitro benzene ring substituents is 1. The summed E-state index contributed by atoms with van der Waals surface area (Å²) in [6, 6.07) is 13.1. The van der Waals surface area contributed by atoms with E-state index in [1.807, 2.05) is 19.1 Å². The molecule has 0 bridgehead atoms. The minimum atomic E-state index is -0.983. The molecule has 0 aromatic heterocycles. The van der Waals surface area contributed by atoms with Gasteiger partial charge in [0, 0.05) is 18.8 Å². The highest BCUT2D eigenvalue weighted by Gasteiger charge is 2.24. The number of para-hydroxylation sites is 2. The Morgan fingerprint density at radius 2 is 1.81 bits per heavy atom. The van der Waals surface area contributed by atoms with Crippen LogP contribution in [0.2, 0.25) is 0 Å². The first-order valence-electron chi connectivity index (χ1n) is 8.29. The second-order valence-electron chi connectivity index (χ2n) is 6.09. The quantitative estimate of drug-likeness (QED) is 0.596. The average molecular weight is 371 g/mol. The molecule has 27 heavy (non-hydrogen) atoms. The van der Waals surface area contributed by atoms with Crippen molar-refractivity contribution in [2.24, 2.45) is 0 Å². The lowest BCUT2D eigenvalue weighted by atomic mass is 10.2. The first-order chi connectivity index (χ1) is 12.8. The fourth-order valence-electron chi connectivity index (χ4n) is 2.39. The maximum absolute atomic E-state index is 12.4. The van der Waals surface area contributed by atoms with Gasteiger partial charge in [-0.25, -0.2) is 0 Å². The van der Waals surface area contributed by atoms with Gasteiger partial charge in [0.15, 0.2) is 11.9 Å². The molecule has 0 heterocycles. The van der Waals surface area contributed by atoms with E-state index >= 15 is 0 Å². The topological polar surface area (TPSA) is 102 Å². The van der Waals surface area contributed by atoms with Crippen LogP contribution in [0.4, 0.5) is 11.4 Å². The summed E-state index contributed by atoms with van der Waals surface area (Å²) in [6.07, 6.45) is -0.983. The molecule has 0 unspecified atom stereocenters. The smallest absolute Gasteiger partial charge is 0.310 e. The van der Waals surface area contributed by atoms with Crippen LogP contribution in [-0.2, 0) is 9.59 Å². The summed E-state index contributed by atoms with van der Waals surface area (Å²) >= 11 is 0. The van der Waals surface area contributed by atoms with Crippen molar-refractivity contribution in [1.29, 1.82) is 0 Å². The molecule has 0 fully saturated rings. The zero-order valence-corrected chi connectivity index (χ0v) is 15.3. The Hall–Kier alpha value is -3.42. The van der Waals surface area contributed by atoms with E-state index in [9.17, 15) is 19.7 Å². The van der Waals surface area contributed by atoms with Gasteiger partial charge in [-0.2, -0.15) is 0 Å². The van der Waals surface area contributed by atoms with Gasteiger partial charge in [-0.1, -0.05) is 29.8 Å². The monoisotopic (exact) mass is 371 g/mol. The van der Waals surface area contributed by atoms with Crippen LogP contribution in [0.25, 0.3) is 0 Å². The van der Waals surface area contributed by atoms with Crippen LogP contribution in [0.15, 0.2) is 48.5 Å². The number of hydrogen-bond acceptors (Lipinski definition) is 5. The molecule has 0 aliphatic rings. The number of nitro groups is 1. The fraction of sp³-hybridized carbons (Fsp3) is 0.263. The first kappa shape index (κ1) is 19.9. The van der Waals surface area contributed by atoms with Crippen molar-refractivity contribution in [3.63, 3.8) is 0 Å². The zero-order chi connectivity index (χ0) is 20.0. The van der Waals surface area contributed by atoms with E-state index in [0.29, 0.717) is 5.69 Å². The van der Waals surface area contributed by atoms with Crippen molar-refractivity contribution in [3.8, 4) is 5.75 Å². The number of aryl methyl sites for hydroxylation is 1. The Bertz CT molecular complexity index is 835. The number of ether oxygens (including phenoxy) is 1. The Kier molecular flexibility index (Phi) is 6.48. The maximum atomic E-state index is 12.4. The summed E-state index contributed by atoms with van der Waals surface area (Å²) in [6.45, 7) is 3.25. The van der Waals surface area contributed by atoms with Crippen molar-refractivity contribution in [1.82, 2.24) is 4.90 Å². The minimum Gasteiger partial charge on any atom is -0.474 e. The number of carbonyl (C=O) groups excluding carboxylic acids is 2. The van der Waals surface area contributed by atoms with Gasteiger partial charge in [-0.3, -0.25) is 19.7 Å². The highest BCUT2D eigenvalue weighted by atomic mass is 16.6. The molecule has 2 rings (SSSR count). The number of anilines is 1. The Morgan fingerprint density at radius 3 is 2.44 bits per heavy atom. The minimum absolute atomic E-state index is 0.000793. The summed E-state index contributed by atoms with van der Waals surface area (Å²) in [5.74, 6) is -0.819. The molecular formula is C19H21N3O5. The highest BCUT2D eigenvalue weighted by molar-refractivity contribution is 5.95. The van der Waals surface area contributed by atoms with Crippen LogP contribution in [0.1, 0.15) is 12.5 Å². The number of hydrogen-bond donors (Lipinski definition) is 1. The Balaban J connectivity index is 1.94. The molecule has 1 atom stereocenters. The molecule has 1 N–H and O–H groups in total. The van der Waals surface area contributed by atoms with E-state index in [1.165, 1.54) is 37.1 Å². The normalized spacial score (nSPS) is 11.4. The fourth-order valence-corrected chi connectivity index (χ4v) is 2.39. The van der Waals surface area contributed by atoms with Crippen LogP contribution in [0.5, 0.6) is 5.75 Å². The van der Waals surface area contributed by atoms with Crippen LogP contribution in [0, 0.1) is 17.0 Å². The first-order valence-corrected chi connectivity index (χ1v) is 8.29. The average Bonchev–Trinajstić information content (AvgIpc) is 2.63. The van der Waals surface area contributed by atoms with E-state index in [1.54, 1.807) is 18.2 Å². The highest BCUT2D eigenvalue weighted by Crippen LogP contribution is 2.27. The molecule has 0 aliphatic carbocycles. The third kappa shape index (κ3) is 5.53. The van der Waals surface area contributed by atoms with Gasteiger partial charge in [-0.15, -0.1) is 0 Å². The molecule has 0 aliphatic heterocycles. The molecule has 142 valence electrons. The second kappa shape index (κ2) is 8.79. The summed E-state index contributed by atoms with van der Waals surface area (Å²) in [5, 5.41) is 13.7. The summed E-state index contributed by atoms with van der Waals surface area (Å²) in [7, 11) is 1.47. The van der Waals surface area contributed by atoms with Crippen LogP contribution in [-0.4, -0.2) is 41.3 Å². The number of carbonyl (C=O) groups is 2. The molecule has 2 aromatic rings. The summed E-state index contributed by atoms with van der Waals surface area (Å²) in [4.78, 5) is 36.2. The van der Waals surface area contributed by atoms with Crippen LogP contribution in [0.3, 0.4) is 0 Å². The van der Waals surface area contributed by atoms with Crippen molar-refractivity contribution in [3.05, 3.63) is 64.2 Å². The van der Waals surface area contributed by atoms with Gasteiger partial charge in [-0.05, 0) is 32.0 Å². The van der Waals surface area contributed by atoms with Gasteiger partial charge >= 0.3 is 5.69 Å². The lowest BCUT2D eigenvalue weighted by Crippen LogP contribution is -2.42. The van der Waals surface area contributed by atoms with Gasteiger partial charge in [0.05, 0.1) is 11.5 Å². The van der Waals surface area contributed by atoms with Crippen molar-refractivity contribution in [2.45, 2.75) is 20.0 Å². The van der Waals surface area contributed by atoms with E-state index in [4.69, 9.17) is 4.74 Å². The zero-order valence-electron chi connectivity index (χ0n) is 15.3. The molecule has 2 aromatic carbocycles. The van der Waals surface area contributed by atoms with Crippen molar-refractivity contribution >= 4 is 23.2 Å². The third-order valence-electron chi connectivity index (χ3n) is 3.81. The number of benzene rings is 2. The summed E-state index contributed by atoms with van der Waals surface area (Å²) < 4.78 is 5.44. The molecule has 0 saturated carbocycles. The molecule has 8 heteroatoms. The molecule has 0 spiro atoms. The van der Waals surface area contributed by atoms with E-state index in [2.05, 4.69) is 5.32 Å². The Morgan fingerprint density at radius 1 is 1.19 bits per heavy atom. The van der Waals surface area contributed by atoms with Crippen LogP contribution < -0.4 is 10.1 Å². The van der Waals surface area contributed by atoms with Crippen molar-refractivity contribution in [2.75, 3.05) is 18.9 Å². The lowest BCUT2D eigenvalue weighted by Gasteiger charge is -2.21. The van der Waals surface area contributed by atoms with Gasteiger partial charge in [0.2, 0.25) is 5.91 Å². The van der Waals surface area contributed by atoms with Gasteiger partial charge in [0.1, 0.15) is 0 Å². The lowest BCUT2D eigenvalue weighted by molar-refractivity contribution is -0.386. The van der Waals surface area contributed by atoms with E-state index in [-0.39, 0.29) is 23.9 Å². The van der Waals surface area contributed by atoms with Crippen LogP contribution >= 0.6 is 0 Å². The third-order valence-corrected chi connectivity index (χ3v) is 3.81. The van der Waals surface area contributed by atoms with Gasteiger partial charge < -0.3 is 15.0 Å². The molecule has 0 radical (unpaired) electrons. The summed E-state index contributed by atoms with van der Waals surface area (Å²) in [5.41, 5.74) is 1.48. The van der Waals surface area contributed by atoms with E-state index in [0.717, 1.165) is 5.56 Å². The molecular weight excluding hydrogens is 350 g/mol. The predicted molar refractivity (Wildman–Crippen MR) is 101 cm³/mol. The molecule has 0 saturated heterocycles. The molecule has 2 amide bonds. The van der Waals surface area contributed by atoms with E-state index < -0.39 is 16.9 Å². The Labute approximate surface area is 156 Å². The number of rotatable bonds is 7. The van der Waals surface area contributed by atoms with Gasteiger partial charge in [0.25, 0.3) is 5.91 Å². The second-order valence-corrected chi connectivity index (χ2v) is 6.09.